The van der Waals surface area contributed by atoms with Gasteiger partial charge in [-0.25, -0.2) is 4.98 Å². The van der Waals surface area contributed by atoms with Gasteiger partial charge in [-0.3, -0.25) is 0 Å². The molecule has 1 aromatic carbocycles. The maximum absolute atomic E-state index is 5.97. The zero-order valence-corrected chi connectivity index (χ0v) is 10.4. The second kappa shape index (κ2) is 4.02. The van der Waals surface area contributed by atoms with Crippen LogP contribution >= 0.6 is 22.9 Å². The quantitative estimate of drug-likeness (QED) is 0.712. The van der Waals surface area contributed by atoms with Crippen LogP contribution < -0.4 is 5.73 Å². The van der Waals surface area contributed by atoms with Crippen LogP contribution in [-0.2, 0) is 0 Å². The van der Waals surface area contributed by atoms with E-state index >= 15 is 0 Å². The van der Waals surface area contributed by atoms with Crippen LogP contribution in [0.2, 0.25) is 5.02 Å². The van der Waals surface area contributed by atoms with E-state index in [9.17, 15) is 0 Å². The number of benzene rings is 1. The molecule has 0 saturated heterocycles. The molecule has 0 aliphatic rings. The molecular weight excluding hydrogens is 252 g/mol. The lowest BCUT2D eigenvalue weighted by atomic mass is 10.2. The fourth-order valence-electron chi connectivity index (χ4n) is 1.71. The Balaban J connectivity index is 2.14. The van der Waals surface area contributed by atoms with Gasteiger partial charge in [0.25, 0.3) is 0 Å². The number of thiophene rings is 1. The number of hydrogen-bond acceptors (Lipinski definition) is 3. The topological polar surface area (TPSA) is 38.9 Å². The first-order valence-electron chi connectivity index (χ1n) is 5.13. The maximum Gasteiger partial charge on any atom is 0.123 e. The van der Waals surface area contributed by atoms with E-state index in [0.29, 0.717) is 5.82 Å². The van der Waals surface area contributed by atoms with E-state index in [-0.39, 0.29) is 0 Å². The molecule has 0 atom stereocenters. The summed E-state index contributed by atoms with van der Waals surface area (Å²) in [6.45, 7) is 0. The Kier molecular flexibility index (Phi) is 2.50. The van der Waals surface area contributed by atoms with Crippen LogP contribution in [0.3, 0.4) is 0 Å². The highest BCUT2D eigenvalue weighted by Crippen LogP contribution is 2.34. The molecule has 0 aliphatic heterocycles. The van der Waals surface area contributed by atoms with Gasteiger partial charge < -0.3 is 5.73 Å². The number of nitrogens with two attached hydrogens (primary N) is 1. The average molecular weight is 261 g/mol. The number of rotatable bonds is 1. The van der Waals surface area contributed by atoms with Gasteiger partial charge in [-0.2, -0.15) is 0 Å². The Morgan fingerprint density at radius 3 is 2.76 bits per heavy atom. The highest BCUT2D eigenvalue weighted by atomic mass is 35.5. The second-order valence-corrected chi connectivity index (χ2v) is 5.28. The van der Waals surface area contributed by atoms with Crippen LogP contribution in [0.4, 0.5) is 5.82 Å². The summed E-state index contributed by atoms with van der Waals surface area (Å²) in [6.07, 6.45) is 1.79. The van der Waals surface area contributed by atoms with Gasteiger partial charge in [0.05, 0.1) is 0 Å². The van der Waals surface area contributed by atoms with Crippen molar-refractivity contribution < 1.29 is 0 Å². The Bertz CT molecular complexity index is 673. The molecule has 4 heteroatoms. The van der Waals surface area contributed by atoms with Crippen molar-refractivity contribution in [2.45, 2.75) is 0 Å². The fourth-order valence-corrected chi connectivity index (χ4v) is 2.92. The lowest BCUT2D eigenvalue weighted by Crippen LogP contribution is -1.87. The van der Waals surface area contributed by atoms with E-state index in [1.165, 1.54) is 9.58 Å². The number of hydrogen-bond donors (Lipinski definition) is 1. The highest BCUT2D eigenvalue weighted by molar-refractivity contribution is 7.22. The zero-order chi connectivity index (χ0) is 11.8. The largest absolute Gasteiger partial charge is 0.384 e. The van der Waals surface area contributed by atoms with Crippen molar-refractivity contribution in [3.05, 3.63) is 47.6 Å². The molecule has 0 radical (unpaired) electrons. The van der Waals surface area contributed by atoms with Gasteiger partial charge in [0.15, 0.2) is 0 Å². The lowest BCUT2D eigenvalue weighted by molar-refractivity contribution is 1.34. The minimum Gasteiger partial charge on any atom is -0.384 e. The fraction of sp³-hybridized carbons (Fsp3) is 0. The molecule has 0 saturated carbocycles. The predicted octanol–water partition coefficient (Wildman–Crippen LogP) is 4.20. The van der Waals surface area contributed by atoms with Crippen LogP contribution in [0.15, 0.2) is 42.6 Å². The van der Waals surface area contributed by atoms with Crippen molar-refractivity contribution in [1.29, 1.82) is 0 Å². The molecule has 2 heterocycles. The van der Waals surface area contributed by atoms with Crippen molar-refractivity contribution in [2.75, 3.05) is 5.73 Å². The number of nitrogens with zero attached hydrogens (tertiary/aromatic N) is 1. The monoisotopic (exact) mass is 260 g/mol. The van der Waals surface area contributed by atoms with Gasteiger partial charge in [0.1, 0.15) is 5.82 Å². The maximum atomic E-state index is 5.97. The van der Waals surface area contributed by atoms with Crippen molar-refractivity contribution in [1.82, 2.24) is 4.98 Å². The molecule has 2 nitrogen and oxygen atoms in total. The van der Waals surface area contributed by atoms with Crippen molar-refractivity contribution in [3.8, 4) is 10.4 Å². The molecule has 3 aromatic rings. The van der Waals surface area contributed by atoms with Gasteiger partial charge in [0.2, 0.25) is 0 Å². The number of fused-ring (bicyclic) bond motifs is 1. The van der Waals surface area contributed by atoms with E-state index in [2.05, 4.69) is 11.1 Å². The molecule has 0 spiro atoms. The normalized spacial score (nSPS) is 10.9. The first-order valence-corrected chi connectivity index (χ1v) is 6.33. The summed E-state index contributed by atoms with van der Waals surface area (Å²) in [7, 11) is 0. The number of anilines is 1. The van der Waals surface area contributed by atoms with Gasteiger partial charge in [-0.05, 0) is 41.8 Å². The third-order valence-electron chi connectivity index (χ3n) is 2.55. The summed E-state index contributed by atoms with van der Waals surface area (Å²) in [5.41, 5.74) is 6.65. The minimum absolute atomic E-state index is 0.540. The Morgan fingerprint density at radius 2 is 2.00 bits per heavy atom. The lowest BCUT2D eigenvalue weighted by Gasteiger charge is -1.96. The Labute approximate surface area is 108 Å². The summed E-state index contributed by atoms with van der Waals surface area (Å²) in [4.78, 5) is 5.28. The highest BCUT2D eigenvalue weighted by Gasteiger charge is 2.04. The van der Waals surface area contributed by atoms with Crippen molar-refractivity contribution in [2.24, 2.45) is 0 Å². The van der Waals surface area contributed by atoms with Crippen LogP contribution in [0.25, 0.3) is 20.5 Å². The SMILES string of the molecule is Nc1ccc(-c2cc3cc(Cl)ccc3s2)cn1. The molecule has 0 unspecified atom stereocenters. The van der Waals surface area contributed by atoms with Crippen molar-refractivity contribution >= 4 is 38.8 Å². The van der Waals surface area contributed by atoms with E-state index in [4.69, 9.17) is 17.3 Å². The van der Waals surface area contributed by atoms with Gasteiger partial charge in [-0.1, -0.05) is 11.6 Å². The summed E-state index contributed by atoms with van der Waals surface area (Å²) in [6, 6.07) is 11.8. The van der Waals surface area contributed by atoms with E-state index < -0.39 is 0 Å². The first-order chi connectivity index (χ1) is 8.22. The second-order valence-electron chi connectivity index (χ2n) is 3.76. The number of pyridine rings is 1. The summed E-state index contributed by atoms with van der Waals surface area (Å²) >= 11 is 7.70. The third kappa shape index (κ3) is 1.99. The molecule has 2 N–H and O–H groups in total. The van der Waals surface area contributed by atoms with Crippen molar-refractivity contribution in [3.63, 3.8) is 0 Å². The van der Waals surface area contributed by atoms with E-state index in [0.717, 1.165) is 16.0 Å². The molecule has 0 amide bonds. The molecule has 3 rings (SSSR count). The first kappa shape index (κ1) is 10.6. The summed E-state index contributed by atoms with van der Waals surface area (Å²) in [5.74, 6) is 0.540. The Morgan fingerprint density at radius 1 is 1.12 bits per heavy atom. The van der Waals surface area contributed by atoms with Gasteiger partial charge in [-0.15, -0.1) is 11.3 Å². The molecule has 2 aromatic heterocycles. The molecule has 0 bridgehead atoms. The summed E-state index contributed by atoms with van der Waals surface area (Å²) < 4.78 is 1.22. The molecule has 17 heavy (non-hydrogen) atoms. The van der Waals surface area contributed by atoms with E-state index in [1.807, 2.05) is 30.3 Å². The predicted molar refractivity (Wildman–Crippen MR) is 74.5 cm³/mol. The minimum atomic E-state index is 0.540. The average Bonchev–Trinajstić information content (AvgIpc) is 2.72. The molecule has 0 fully saturated rings. The van der Waals surface area contributed by atoms with E-state index in [1.54, 1.807) is 17.5 Å². The van der Waals surface area contributed by atoms with Crippen LogP contribution in [0.5, 0.6) is 0 Å². The molecule has 84 valence electrons. The Hall–Kier alpha value is -1.58. The van der Waals surface area contributed by atoms with Crippen LogP contribution in [0, 0.1) is 0 Å². The van der Waals surface area contributed by atoms with Crippen LogP contribution in [0.1, 0.15) is 0 Å². The standard InChI is InChI=1S/C13H9ClN2S/c14-10-2-3-11-9(5-10)6-12(17-11)8-1-4-13(15)16-7-8/h1-7H,(H2,15,16). The zero-order valence-electron chi connectivity index (χ0n) is 8.85. The van der Waals surface area contributed by atoms with Crippen LogP contribution in [-0.4, -0.2) is 4.98 Å². The summed E-state index contributed by atoms with van der Waals surface area (Å²) in [5, 5.41) is 1.92. The molecular formula is C13H9ClN2S. The smallest absolute Gasteiger partial charge is 0.123 e. The third-order valence-corrected chi connectivity index (χ3v) is 3.95. The van der Waals surface area contributed by atoms with Gasteiger partial charge in [0, 0.05) is 26.4 Å². The number of nitrogen functional groups attached to an aromatic ring is 1. The molecule has 0 aliphatic carbocycles. The van der Waals surface area contributed by atoms with Gasteiger partial charge >= 0.3 is 0 Å². The number of aromatic nitrogens is 1. The number of halogens is 1.